The largest absolute Gasteiger partial charge is 0.415 e. The van der Waals surface area contributed by atoms with Crippen molar-refractivity contribution in [2.45, 2.75) is 81.8 Å². The van der Waals surface area contributed by atoms with Crippen LogP contribution in [0.5, 0.6) is 0 Å². The van der Waals surface area contributed by atoms with Gasteiger partial charge in [0.1, 0.15) is 6.10 Å². The SMILES string of the molecule is [CH2-]OOC(C)c1ccc(-c2ccc(Cc3ccc(-c4ccc(C)c(C)c4C)c(C)c3C)c(C)c2C)c(C)c1C.[Y]. The summed E-state index contributed by atoms with van der Waals surface area (Å²) in [5, 5.41) is 0. The molecule has 1 unspecified atom stereocenters. The number of hydrogen-bond donors (Lipinski definition) is 0. The minimum atomic E-state index is -0.169. The molecular formula is C37H43O2Y-. The molecule has 0 heterocycles. The van der Waals surface area contributed by atoms with E-state index in [4.69, 9.17) is 4.89 Å². The predicted molar refractivity (Wildman–Crippen MR) is 165 cm³/mol. The van der Waals surface area contributed by atoms with Crippen LogP contribution in [0.1, 0.15) is 79.8 Å². The maximum atomic E-state index is 5.28. The first-order valence-electron chi connectivity index (χ1n) is 13.9. The number of rotatable bonds is 7. The Balaban J connectivity index is 0.00000441. The molecular weight excluding hydrogens is 565 g/mol. The van der Waals surface area contributed by atoms with Crippen LogP contribution in [0.2, 0.25) is 0 Å². The van der Waals surface area contributed by atoms with Gasteiger partial charge in [0.05, 0.1) is 0 Å². The van der Waals surface area contributed by atoms with Crippen LogP contribution >= 0.6 is 0 Å². The molecule has 0 aliphatic heterocycles. The number of hydrogen-bond acceptors (Lipinski definition) is 2. The third-order valence-corrected chi connectivity index (χ3v) is 9.30. The number of benzene rings is 4. The second kappa shape index (κ2) is 13.3. The van der Waals surface area contributed by atoms with Crippen molar-refractivity contribution in [1.82, 2.24) is 0 Å². The molecule has 3 heteroatoms. The Hall–Kier alpha value is -2.10. The van der Waals surface area contributed by atoms with Gasteiger partial charge in [0.15, 0.2) is 0 Å². The summed E-state index contributed by atoms with van der Waals surface area (Å²) in [6, 6.07) is 18.2. The van der Waals surface area contributed by atoms with Crippen LogP contribution in [-0.4, -0.2) is 0 Å². The zero-order valence-corrected chi connectivity index (χ0v) is 28.8. The topological polar surface area (TPSA) is 18.5 Å². The minimum absolute atomic E-state index is 0. The molecule has 1 radical (unpaired) electrons. The Bertz CT molecular complexity index is 1550. The van der Waals surface area contributed by atoms with E-state index in [1.807, 2.05) is 6.92 Å². The van der Waals surface area contributed by atoms with Crippen molar-refractivity contribution in [2.24, 2.45) is 0 Å². The molecule has 2 nitrogen and oxygen atoms in total. The second-order valence-electron chi connectivity index (χ2n) is 11.2. The van der Waals surface area contributed by atoms with Gasteiger partial charge >= 0.3 is 0 Å². The van der Waals surface area contributed by atoms with Crippen LogP contribution < -0.4 is 0 Å². The molecule has 0 spiro atoms. The Morgan fingerprint density at radius 1 is 0.525 bits per heavy atom. The van der Waals surface area contributed by atoms with Crippen molar-refractivity contribution in [3.63, 3.8) is 0 Å². The van der Waals surface area contributed by atoms with Crippen molar-refractivity contribution in [1.29, 1.82) is 0 Å². The summed E-state index contributed by atoms with van der Waals surface area (Å²) in [6.07, 6.45) is 0.764. The molecule has 0 bridgehead atoms. The summed E-state index contributed by atoms with van der Waals surface area (Å²) in [5.41, 5.74) is 21.2. The zero-order chi connectivity index (χ0) is 28.6. The van der Waals surface area contributed by atoms with Crippen molar-refractivity contribution in [2.75, 3.05) is 0 Å². The first-order chi connectivity index (χ1) is 18.5. The molecule has 207 valence electrons. The molecule has 0 saturated heterocycles. The van der Waals surface area contributed by atoms with Gasteiger partial charge in [0.2, 0.25) is 0 Å². The van der Waals surface area contributed by atoms with E-state index in [1.165, 1.54) is 83.5 Å². The Morgan fingerprint density at radius 2 is 0.925 bits per heavy atom. The molecule has 0 aliphatic carbocycles. The van der Waals surface area contributed by atoms with Crippen LogP contribution in [0.25, 0.3) is 22.3 Å². The van der Waals surface area contributed by atoms with Crippen molar-refractivity contribution < 1.29 is 42.5 Å². The number of aryl methyl sites for hydroxylation is 1. The van der Waals surface area contributed by atoms with E-state index in [1.54, 1.807) is 0 Å². The molecule has 4 aromatic carbocycles. The van der Waals surface area contributed by atoms with E-state index >= 15 is 0 Å². The van der Waals surface area contributed by atoms with Crippen LogP contribution in [0.3, 0.4) is 0 Å². The second-order valence-corrected chi connectivity index (χ2v) is 11.2. The summed E-state index contributed by atoms with van der Waals surface area (Å²) in [7, 11) is 3.34. The van der Waals surface area contributed by atoms with E-state index in [0.29, 0.717) is 0 Å². The molecule has 4 aromatic rings. The van der Waals surface area contributed by atoms with Crippen LogP contribution in [0.4, 0.5) is 0 Å². The van der Waals surface area contributed by atoms with Crippen molar-refractivity contribution >= 4 is 0 Å². The van der Waals surface area contributed by atoms with E-state index in [0.717, 1.165) is 12.0 Å². The average molecular weight is 609 g/mol. The molecule has 0 amide bonds. The minimum Gasteiger partial charge on any atom is -0.415 e. The maximum absolute atomic E-state index is 5.28. The van der Waals surface area contributed by atoms with Gasteiger partial charge in [-0.05, 0) is 165 Å². The van der Waals surface area contributed by atoms with Gasteiger partial charge in [-0.3, -0.25) is 4.89 Å². The zero-order valence-electron chi connectivity index (χ0n) is 26.0. The third kappa shape index (κ3) is 6.07. The van der Waals surface area contributed by atoms with E-state index in [-0.39, 0.29) is 38.8 Å². The van der Waals surface area contributed by atoms with Crippen molar-refractivity contribution in [3.8, 4) is 22.3 Å². The third-order valence-electron chi connectivity index (χ3n) is 9.30. The molecule has 40 heavy (non-hydrogen) atoms. The average Bonchev–Trinajstić information content (AvgIpc) is 2.91. The Labute approximate surface area is 267 Å². The molecule has 4 rings (SSSR count). The Morgan fingerprint density at radius 3 is 1.40 bits per heavy atom. The van der Waals surface area contributed by atoms with Crippen LogP contribution in [0, 0.1) is 69.4 Å². The van der Waals surface area contributed by atoms with Gasteiger partial charge in [-0.25, -0.2) is 0 Å². The van der Waals surface area contributed by atoms with Crippen molar-refractivity contribution in [3.05, 3.63) is 122 Å². The summed E-state index contributed by atoms with van der Waals surface area (Å²) in [5.74, 6) is 0. The van der Waals surface area contributed by atoms with E-state index < -0.39 is 0 Å². The summed E-state index contributed by atoms with van der Waals surface area (Å²) < 4.78 is 0. The summed E-state index contributed by atoms with van der Waals surface area (Å²) in [4.78, 5) is 9.95. The quantitative estimate of drug-likeness (QED) is 0.118. The van der Waals surface area contributed by atoms with Gasteiger partial charge in [-0.2, -0.15) is 7.11 Å². The normalized spacial score (nSPS) is 11.9. The van der Waals surface area contributed by atoms with Gasteiger partial charge < -0.3 is 4.89 Å². The van der Waals surface area contributed by atoms with Gasteiger partial charge in [-0.15, -0.1) is 0 Å². The van der Waals surface area contributed by atoms with E-state index in [9.17, 15) is 0 Å². The van der Waals surface area contributed by atoms with Gasteiger partial charge in [-0.1, -0.05) is 48.5 Å². The van der Waals surface area contributed by atoms with Crippen LogP contribution in [-0.2, 0) is 48.9 Å². The van der Waals surface area contributed by atoms with Gasteiger partial charge in [0, 0.05) is 32.7 Å². The monoisotopic (exact) mass is 608 g/mol. The fraction of sp³-hybridized carbons (Fsp3) is 0.324. The molecule has 0 N–H and O–H groups in total. The maximum Gasteiger partial charge on any atom is 0.112 e. The van der Waals surface area contributed by atoms with Gasteiger partial charge in [0.25, 0.3) is 0 Å². The van der Waals surface area contributed by atoms with E-state index in [2.05, 4.69) is 123 Å². The molecule has 0 fully saturated rings. The van der Waals surface area contributed by atoms with Crippen LogP contribution in [0.15, 0.2) is 48.5 Å². The molecule has 0 aromatic heterocycles. The molecule has 0 saturated carbocycles. The Kier molecular flexibility index (Phi) is 10.7. The summed E-state index contributed by atoms with van der Waals surface area (Å²) >= 11 is 0. The standard InChI is InChI=1S/C37H43O2.Y/c1-21-12-15-34(25(5)22(21)2)35-16-13-31(23(3)26(35)6)20-32-14-17-36(27(7)24(32)4)37-19-18-33(28(8)29(37)9)30(10)39-38-11;/h12-19,30H,11,20H2,1-10H3;/q-1;. The summed E-state index contributed by atoms with van der Waals surface area (Å²) in [6.45, 7) is 22.1. The first-order valence-corrected chi connectivity index (χ1v) is 13.9. The fourth-order valence-electron chi connectivity index (χ4n) is 5.90. The first kappa shape index (κ1) is 32.4. The smallest absolute Gasteiger partial charge is 0.112 e. The fourth-order valence-corrected chi connectivity index (χ4v) is 5.90. The molecule has 0 aliphatic rings. The predicted octanol–water partition coefficient (Wildman–Crippen LogP) is 10.2. The molecule has 1 atom stereocenters.